The van der Waals surface area contributed by atoms with Crippen molar-refractivity contribution in [3.8, 4) is 11.5 Å². The Morgan fingerprint density at radius 3 is 1.60 bits per heavy atom. The van der Waals surface area contributed by atoms with Gasteiger partial charge in [0.25, 0.3) is 0 Å². The van der Waals surface area contributed by atoms with Gasteiger partial charge in [0.2, 0.25) is 0 Å². The van der Waals surface area contributed by atoms with Crippen molar-refractivity contribution in [1.29, 1.82) is 0 Å². The molecule has 0 aromatic heterocycles. The van der Waals surface area contributed by atoms with Crippen LogP contribution in [0.4, 0.5) is 9.59 Å². The van der Waals surface area contributed by atoms with Crippen molar-refractivity contribution in [3.05, 3.63) is 23.3 Å². The van der Waals surface area contributed by atoms with E-state index in [0.29, 0.717) is 17.9 Å². The molecule has 0 aliphatic rings. The molecule has 0 aliphatic carbocycles. The third-order valence-electron chi connectivity index (χ3n) is 3.67. The van der Waals surface area contributed by atoms with Crippen LogP contribution in [0.25, 0.3) is 0 Å². The molecule has 0 radical (unpaired) electrons. The number of ether oxygens (including phenoxy) is 4. The van der Waals surface area contributed by atoms with Crippen LogP contribution in [0.1, 0.15) is 66.5 Å². The molecular formula is C23H39NO6. The molecule has 2 amide bonds. The average Bonchev–Trinajstić information content (AvgIpc) is 2.61. The maximum absolute atomic E-state index is 12.6. The van der Waals surface area contributed by atoms with Crippen LogP contribution >= 0.6 is 0 Å². The van der Waals surface area contributed by atoms with Gasteiger partial charge in [-0.05, 0) is 78.1 Å². The first-order chi connectivity index (χ1) is 13.8. The van der Waals surface area contributed by atoms with Crippen LogP contribution in [-0.2, 0) is 15.9 Å². The van der Waals surface area contributed by atoms with E-state index in [4.69, 9.17) is 18.9 Å². The van der Waals surface area contributed by atoms with Gasteiger partial charge in [-0.15, -0.1) is 0 Å². The highest BCUT2D eigenvalue weighted by Gasteiger charge is 2.31. The Bertz CT molecular complexity index is 673. The quantitative estimate of drug-likeness (QED) is 0.598. The first kappa shape index (κ1) is 27.6. The van der Waals surface area contributed by atoms with E-state index < -0.39 is 23.4 Å². The zero-order valence-electron chi connectivity index (χ0n) is 20.5. The minimum Gasteiger partial charge on any atom is -0.493 e. The summed E-state index contributed by atoms with van der Waals surface area (Å²) in [6, 6.07) is 3.70. The summed E-state index contributed by atoms with van der Waals surface area (Å²) < 4.78 is 21.4. The summed E-state index contributed by atoms with van der Waals surface area (Å²) in [5, 5.41) is 0. The van der Waals surface area contributed by atoms with Crippen molar-refractivity contribution in [1.82, 2.24) is 4.90 Å². The Morgan fingerprint density at radius 2 is 1.23 bits per heavy atom. The molecule has 1 aromatic carbocycles. The maximum Gasteiger partial charge on any atom is 0.419 e. The van der Waals surface area contributed by atoms with Crippen molar-refractivity contribution < 1.29 is 28.5 Å². The van der Waals surface area contributed by atoms with E-state index >= 15 is 0 Å². The topological polar surface area (TPSA) is 74.3 Å². The van der Waals surface area contributed by atoms with Crippen LogP contribution in [0, 0.1) is 6.92 Å². The molecule has 7 heteroatoms. The molecule has 0 saturated carbocycles. The lowest BCUT2D eigenvalue weighted by Crippen LogP contribution is -2.44. The Balaban J connectivity index is 0.00000407. The van der Waals surface area contributed by atoms with Crippen molar-refractivity contribution in [3.63, 3.8) is 0 Å². The summed E-state index contributed by atoms with van der Waals surface area (Å²) in [5.41, 5.74) is 0.438. The molecule has 0 spiro atoms. The minimum absolute atomic E-state index is 0.111. The Labute approximate surface area is 181 Å². The molecule has 172 valence electrons. The first-order valence-corrected chi connectivity index (χ1v) is 10.2. The fraction of sp³-hybridized carbons (Fsp3) is 0.652. The van der Waals surface area contributed by atoms with Gasteiger partial charge in [0.05, 0.1) is 14.2 Å². The largest absolute Gasteiger partial charge is 0.493 e. The van der Waals surface area contributed by atoms with Gasteiger partial charge in [-0.3, -0.25) is 0 Å². The zero-order valence-corrected chi connectivity index (χ0v) is 20.5. The number of carbonyl (C=O) groups excluding carboxylic acids is 2. The summed E-state index contributed by atoms with van der Waals surface area (Å²) in [4.78, 5) is 26.1. The molecule has 1 aromatic rings. The van der Waals surface area contributed by atoms with E-state index in [-0.39, 0.29) is 6.54 Å². The number of nitrogens with zero attached hydrogens (tertiary/aromatic N) is 1. The number of rotatable bonds is 5. The lowest BCUT2D eigenvalue weighted by atomic mass is 10.0. The van der Waals surface area contributed by atoms with E-state index in [1.807, 2.05) is 32.9 Å². The van der Waals surface area contributed by atoms with E-state index in [0.717, 1.165) is 16.0 Å². The van der Waals surface area contributed by atoms with Gasteiger partial charge >= 0.3 is 12.2 Å². The monoisotopic (exact) mass is 425 g/mol. The van der Waals surface area contributed by atoms with Gasteiger partial charge in [0.15, 0.2) is 11.5 Å². The van der Waals surface area contributed by atoms with Crippen molar-refractivity contribution in [2.75, 3.05) is 20.8 Å². The molecule has 0 heterocycles. The molecule has 0 aliphatic heterocycles. The fourth-order valence-corrected chi connectivity index (χ4v) is 2.42. The lowest BCUT2D eigenvalue weighted by Gasteiger charge is -2.28. The molecule has 0 unspecified atom stereocenters. The van der Waals surface area contributed by atoms with E-state index in [1.165, 1.54) is 0 Å². The number of hydrogen-bond acceptors (Lipinski definition) is 6. The van der Waals surface area contributed by atoms with E-state index in [9.17, 15) is 9.59 Å². The summed E-state index contributed by atoms with van der Waals surface area (Å²) in [6.07, 6.45) is -1.05. The zero-order chi connectivity index (χ0) is 23.7. The van der Waals surface area contributed by atoms with Gasteiger partial charge in [0.1, 0.15) is 11.2 Å². The number of carbonyl (C=O) groups is 2. The van der Waals surface area contributed by atoms with Gasteiger partial charge in [-0.25, -0.2) is 14.5 Å². The molecule has 0 saturated heterocycles. The van der Waals surface area contributed by atoms with Crippen LogP contribution in [0.2, 0.25) is 0 Å². The van der Waals surface area contributed by atoms with Crippen molar-refractivity contribution in [2.24, 2.45) is 0 Å². The number of imide groups is 1. The average molecular weight is 426 g/mol. The second-order valence-corrected chi connectivity index (χ2v) is 8.50. The number of amides is 2. The molecule has 0 N–H and O–H groups in total. The van der Waals surface area contributed by atoms with Gasteiger partial charge in [-0.2, -0.15) is 0 Å². The number of aryl methyl sites for hydroxylation is 1. The minimum atomic E-state index is -0.736. The number of benzene rings is 1. The smallest absolute Gasteiger partial charge is 0.419 e. The third kappa shape index (κ3) is 9.37. The Hall–Kier alpha value is -2.44. The molecule has 30 heavy (non-hydrogen) atoms. The van der Waals surface area contributed by atoms with E-state index in [2.05, 4.69) is 0 Å². The third-order valence-corrected chi connectivity index (χ3v) is 3.67. The molecule has 7 nitrogen and oxygen atoms in total. The summed E-state index contributed by atoms with van der Waals surface area (Å²) in [5.74, 6) is 1.21. The van der Waals surface area contributed by atoms with Crippen LogP contribution < -0.4 is 9.47 Å². The lowest BCUT2D eigenvalue weighted by molar-refractivity contribution is 0.00170. The molecule has 0 fully saturated rings. The molecular weight excluding hydrogens is 386 g/mol. The predicted molar refractivity (Wildman–Crippen MR) is 119 cm³/mol. The highest BCUT2D eigenvalue weighted by Crippen LogP contribution is 2.30. The summed E-state index contributed by atoms with van der Waals surface area (Å²) >= 11 is 0. The molecule has 0 atom stereocenters. The van der Waals surface area contributed by atoms with Crippen LogP contribution in [0.5, 0.6) is 11.5 Å². The van der Waals surface area contributed by atoms with Gasteiger partial charge < -0.3 is 18.9 Å². The van der Waals surface area contributed by atoms with Gasteiger partial charge in [0, 0.05) is 6.54 Å². The summed E-state index contributed by atoms with van der Waals surface area (Å²) in [7, 11) is 3.13. The fourth-order valence-electron chi connectivity index (χ4n) is 2.42. The highest BCUT2D eigenvalue weighted by molar-refractivity contribution is 5.88. The second kappa shape index (κ2) is 11.7. The second-order valence-electron chi connectivity index (χ2n) is 8.50. The van der Waals surface area contributed by atoms with E-state index in [1.54, 1.807) is 55.8 Å². The highest BCUT2D eigenvalue weighted by atomic mass is 16.6. The van der Waals surface area contributed by atoms with Crippen molar-refractivity contribution in [2.45, 2.75) is 79.9 Å². The van der Waals surface area contributed by atoms with Gasteiger partial charge in [-0.1, -0.05) is 13.8 Å². The maximum atomic E-state index is 12.6. The molecule has 1 rings (SSSR count). The normalized spacial score (nSPS) is 11.0. The first-order valence-electron chi connectivity index (χ1n) is 10.2. The SMILES string of the molecule is CC.COc1cc(C)c(CCN(C(=O)OC(C)(C)C)C(=O)OC(C)(C)C)cc1OC. The van der Waals surface area contributed by atoms with Crippen molar-refractivity contribution >= 4 is 12.2 Å². The summed E-state index contributed by atoms with van der Waals surface area (Å²) in [6.45, 7) is 16.5. The standard InChI is InChI=1S/C21H33NO6.C2H6/c1-14-12-16(25-8)17(26-9)13-15(14)10-11-22(18(23)27-20(2,3)4)19(24)28-21(5,6)7;1-2/h12-13H,10-11H2,1-9H3;1-2H3. The van der Waals surface area contributed by atoms with Crippen LogP contribution in [0.3, 0.4) is 0 Å². The van der Waals surface area contributed by atoms with Crippen LogP contribution in [-0.4, -0.2) is 49.1 Å². The van der Waals surface area contributed by atoms with Crippen LogP contribution in [0.15, 0.2) is 12.1 Å². The Morgan fingerprint density at radius 1 is 0.833 bits per heavy atom. The number of hydrogen-bond donors (Lipinski definition) is 0. The molecule has 0 bridgehead atoms. The Kier molecular flexibility index (Phi) is 10.7. The predicted octanol–water partition coefficient (Wildman–Crippen LogP) is 5.75. The number of methoxy groups -OCH3 is 2.